The lowest BCUT2D eigenvalue weighted by Gasteiger charge is -2.08. The second-order valence-corrected chi connectivity index (χ2v) is 6.83. The summed E-state index contributed by atoms with van der Waals surface area (Å²) in [6.45, 7) is 1.76. The number of halogens is 1. The first-order valence-electron chi connectivity index (χ1n) is 9.12. The fraction of sp³-hybridized carbons (Fsp3) is 0.0909. The van der Waals surface area contributed by atoms with E-state index in [4.69, 9.17) is 20.9 Å². The maximum Gasteiger partial charge on any atom is 0.277 e. The first-order valence-corrected chi connectivity index (χ1v) is 9.50. The molecular formula is C22H17ClN4O3. The van der Waals surface area contributed by atoms with E-state index < -0.39 is 5.91 Å². The third-order valence-electron chi connectivity index (χ3n) is 4.37. The van der Waals surface area contributed by atoms with E-state index in [0.717, 1.165) is 16.5 Å². The molecule has 150 valence electrons. The summed E-state index contributed by atoms with van der Waals surface area (Å²) in [7, 11) is 0. The molecule has 0 spiro atoms. The van der Waals surface area contributed by atoms with Crippen LogP contribution in [0.1, 0.15) is 11.1 Å². The van der Waals surface area contributed by atoms with Gasteiger partial charge in [0.1, 0.15) is 10.9 Å². The maximum absolute atomic E-state index is 12.1. The third kappa shape index (κ3) is 4.31. The van der Waals surface area contributed by atoms with E-state index >= 15 is 0 Å². The highest BCUT2D eigenvalue weighted by molar-refractivity contribution is 6.32. The SMILES string of the molecule is Cc1cccc2cc(/C=N/NC(=O)COc3ccccc3-c3ccno3)c(Cl)nc12. The van der Waals surface area contributed by atoms with Crippen LogP contribution in [0.25, 0.3) is 22.2 Å². The molecule has 0 fully saturated rings. The number of nitrogens with one attached hydrogen (secondary N) is 1. The molecule has 0 saturated heterocycles. The van der Waals surface area contributed by atoms with E-state index in [-0.39, 0.29) is 6.61 Å². The van der Waals surface area contributed by atoms with Crippen molar-refractivity contribution in [3.8, 4) is 17.1 Å². The van der Waals surface area contributed by atoms with Crippen LogP contribution in [0.4, 0.5) is 0 Å². The first-order chi connectivity index (χ1) is 14.6. The minimum atomic E-state index is -0.417. The van der Waals surface area contributed by atoms with Gasteiger partial charge in [-0.05, 0) is 30.7 Å². The van der Waals surface area contributed by atoms with Crippen molar-refractivity contribution in [3.05, 3.63) is 77.1 Å². The number of aromatic nitrogens is 2. The number of ether oxygens (including phenoxy) is 1. The van der Waals surface area contributed by atoms with Crippen LogP contribution in [-0.4, -0.2) is 28.9 Å². The molecule has 2 aromatic heterocycles. The Kier molecular flexibility index (Phi) is 5.72. The van der Waals surface area contributed by atoms with E-state index in [9.17, 15) is 4.79 Å². The number of amides is 1. The van der Waals surface area contributed by atoms with Crippen LogP contribution < -0.4 is 10.2 Å². The highest BCUT2D eigenvalue weighted by atomic mass is 35.5. The molecule has 2 heterocycles. The van der Waals surface area contributed by atoms with Gasteiger partial charge in [-0.15, -0.1) is 0 Å². The fourth-order valence-corrected chi connectivity index (χ4v) is 3.12. The summed E-state index contributed by atoms with van der Waals surface area (Å²) >= 11 is 6.24. The molecule has 4 aromatic rings. The van der Waals surface area contributed by atoms with Gasteiger partial charge in [0.15, 0.2) is 12.4 Å². The molecule has 8 heteroatoms. The van der Waals surface area contributed by atoms with Crippen molar-refractivity contribution in [1.82, 2.24) is 15.6 Å². The molecule has 0 bridgehead atoms. The van der Waals surface area contributed by atoms with E-state index in [1.807, 2.05) is 49.4 Å². The van der Waals surface area contributed by atoms with Gasteiger partial charge >= 0.3 is 0 Å². The molecule has 0 atom stereocenters. The number of aryl methyl sites for hydroxylation is 1. The van der Waals surface area contributed by atoms with Crippen LogP contribution >= 0.6 is 11.6 Å². The first kappa shape index (κ1) is 19.6. The predicted octanol–water partition coefficient (Wildman–Crippen LogP) is 4.38. The Morgan fingerprint density at radius 2 is 2.10 bits per heavy atom. The Hall–Kier alpha value is -3.71. The normalized spacial score (nSPS) is 11.1. The van der Waals surface area contributed by atoms with Crippen molar-refractivity contribution >= 4 is 34.6 Å². The molecule has 0 aliphatic rings. The van der Waals surface area contributed by atoms with Gasteiger partial charge in [0.05, 0.1) is 23.5 Å². The summed E-state index contributed by atoms with van der Waals surface area (Å²) in [5.41, 5.74) is 5.60. The molecule has 2 aromatic carbocycles. The number of fused-ring (bicyclic) bond motifs is 1. The number of hydrogen-bond donors (Lipinski definition) is 1. The number of carbonyl (C=O) groups excluding carboxylic acids is 1. The summed E-state index contributed by atoms with van der Waals surface area (Å²) in [6, 6.07) is 16.7. The van der Waals surface area contributed by atoms with Crippen molar-refractivity contribution in [2.24, 2.45) is 5.10 Å². The van der Waals surface area contributed by atoms with Gasteiger partial charge in [-0.2, -0.15) is 5.10 Å². The lowest BCUT2D eigenvalue weighted by molar-refractivity contribution is -0.123. The molecular weight excluding hydrogens is 404 g/mol. The van der Waals surface area contributed by atoms with Crippen molar-refractivity contribution in [1.29, 1.82) is 0 Å². The number of carbonyl (C=O) groups is 1. The number of benzene rings is 2. The fourth-order valence-electron chi connectivity index (χ4n) is 2.93. The van der Waals surface area contributed by atoms with E-state index in [2.05, 4.69) is 20.7 Å². The van der Waals surface area contributed by atoms with Crippen molar-refractivity contribution < 1.29 is 14.1 Å². The van der Waals surface area contributed by atoms with Crippen molar-refractivity contribution in [2.45, 2.75) is 6.92 Å². The molecule has 0 radical (unpaired) electrons. The zero-order valence-electron chi connectivity index (χ0n) is 16.0. The van der Waals surface area contributed by atoms with Gasteiger partial charge < -0.3 is 9.26 Å². The molecule has 0 saturated carbocycles. The van der Waals surface area contributed by atoms with Gasteiger partial charge in [0.2, 0.25) is 0 Å². The monoisotopic (exact) mass is 420 g/mol. The smallest absolute Gasteiger partial charge is 0.277 e. The quantitative estimate of drug-likeness (QED) is 0.284. The van der Waals surface area contributed by atoms with Crippen LogP contribution in [0.2, 0.25) is 5.15 Å². The highest BCUT2D eigenvalue weighted by Gasteiger charge is 2.11. The highest BCUT2D eigenvalue weighted by Crippen LogP contribution is 2.29. The van der Waals surface area contributed by atoms with Crippen LogP contribution in [-0.2, 0) is 4.79 Å². The van der Waals surface area contributed by atoms with Crippen LogP contribution in [0.3, 0.4) is 0 Å². The minimum absolute atomic E-state index is 0.217. The maximum atomic E-state index is 12.1. The topological polar surface area (TPSA) is 89.6 Å². The molecule has 0 aliphatic carbocycles. The molecule has 4 rings (SSSR count). The van der Waals surface area contributed by atoms with Crippen molar-refractivity contribution in [3.63, 3.8) is 0 Å². The number of nitrogens with zero attached hydrogens (tertiary/aromatic N) is 3. The standard InChI is InChI=1S/C22H17ClN4O3/c1-14-5-4-6-15-11-16(22(23)26-21(14)15)12-24-27-20(28)13-29-18-8-3-2-7-17(18)19-9-10-25-30-19/h2-12H,13H2,1H3,(H,27,28)/b24-12+. The molecule has 0 unspecified atom stereocenters. The van der Waals surface area contributed by atoms with Gasteiger partial charge in [0, 0.05) is 17.0 Å². The van der Waals surface area contributed by atoms with Crippen LogP contribution in [0, 0.1) is 6.92 Å². The second kappa shape index (κ2) is 8.75. The van der Waals surface area contributed by atoms with Crippen molar-refractivity contribution in [2.75, 3.05) is 6.61 Å². The van der Waals surface area contributed by atoms with E-state index in [0.29, 0.717) is 27.8 Å². The van der Waals surface area contributed by atoms with Gasteiger partial charge in [-0.25, -0.2) is 10.4 Å². The Morgan fingerprint density at radius 1 is 1.23 bits per heavy atom. The molecule has 0 aliphatic heterocycles. The van der Waals surface area contributed by atoms with Crippen LogP contribution in [0.15, 0.2) is 70.4 Å². The van der Waals surface area contributed by atoms with Gasteiger partial charge in [-0.1, -0.05) is 47.1 Å². The van der Waals surface area contributed by atoms with Gasteiger partial charge in [0.25, 0.3) is 5.91 Å². The zero-order chi connectivity index (χ0) is 20.9. The number of pyridine rings is 1. The second-order valence-electron chi connectivity index (χ2n) is 6.47. The summed E-state index contributed by atoms with van der Waals surface area (Å²) in [4.78, 5) is 16.5. The molecule has 7 nitrogen and oxygen atoms in total. The Balaban J connectivity index is 1.40. The number of rotatable bonds is 6. The van der Waals surface area contributed by atoms with E-state index in [1.54, 1.807) is 18.3 Å². The zero-order valence-corrected chi connectivity index (χ0v) is 16.8. The molecule has 30 heavy (non-hydrogen) atoms. The number of hydrogen-bond acceptors (Lipinski definition) is 6. The number of para-hydroxylation sites is 2. The summed E-state index contributed by atoms with van der Waals surface area (Å²) in [6.07, 6.45) is 3.00. The average molecular weight is 421 g/mol. The minimum Gasteiger partial charge on any atom is -0.483 e. The Morgan fingerprint density at radius 3 is 2.93 bits per heavy atom. The summed E-state index contributed by atoms with van der Waals surface area (Å²) in [5.74, 6) is 0.641. The summed E-state index contributed by atoms with van der Waals surface area (Å²) in [5, 5.41) is 8.90. The number of hydrazone groups is 1. The van der Waals surface area contributed by atoms with Gasteiger partial charge in [-0.3, -0.25) is 4.79 Å². The third-order valence-corrected chi connectivity index (χ3v) is 4.67. The average Bonchev–Trinajstić information content (AvgIpc) is 3.28. The molecule has 1 N–H and O–H groups in total. The predicted molar refractivity (Wildman–Crippen MR) is 115 cm³/mol. The Labute approximate surface area is 177 Å². The molecule has 1 amide bonds. The van der Waals surface area contributed by atoms with E-state index in [1.165, 1.54) is 6.21 Å². The largest absolute Gasteiger partial charge is 0.483 e. The summed E-state index contributed by atoms with van der Waals surface area (Å²) < 4.78 is 10.8. The van der Waals surface area contributed by atoms with Crippen LogP contribution in [0.5, 0.6) is 5.75 Å². The Bertz CT molecular complexity index is 1220. The lowest BCUT2D eigenvalue weighted by atomic mass is 10.1. The lowest BCUT2D eigenvalue weighted by Crippen LogP contribution is -2.24.